The molecule has 1 aliphatic heterocycles. The van der Waals surface area contributed by atoms with Crippen LogP contribution in [0.2, 0.25) is 0 Å². The second-order valence-electron chi connectivity index (χ2n) is 5.39. The molecule has 1 saturated carbocycles. The van der Waals surface area contributed by atoms with Gasteiger partial charge in [0, 0.05) is 17.1 Å². The lowest BCUT2D eigenvalue weighted by Gasteiger charge is -2.38. The Morgan fingerprint density at radius 1 is 1.14 bits per heavy atom. The van der Waals surface area contributed by atoms with Gasteiger partial charge in [0.2, 0.25) is 0 Å². The molecule has 1 amide bonds. The molecule has 0 atom stereocenters. The maximum atomic E-state index is 12.2. The first kappa shape index (κ1) is 14.8. The van der Waals surface area contributed by atoms with E-state index < -0.39 is 11.5 Å². The Kier molecular flexibility index (Phi) is 4.17. The molecule has 1 heterocycles. The Hall–Kier alpha value is -1.14. The molecule has 1 saturated heterocycles. The van der Waals surface area contributed by atoms with Crippen molar-refractivity contribution in [2.24, 2.45) is 0 Å². The maximum absolute atomic E-state index is 12.2. The molecule has 0 aromatic heterocycles. The molecular weight excluding hydrogens is 306 g/mol. The van der Waals surface area contributed by atoms with Gasteiger partial charge < -0.3 is 10.4 Å². The summed E-state index contributed by atoms with van der Waals surface area (Å²) < 4.78 is 0.458. The number of rotatable bonds is 4. The van der Waals surface area contributed by atoms with Gasteiger partial charge in [-0.25, -0.2) is 4.79 Å². The number of carbonyl (C=O) groups excluding carboxylic acids is 1. The molecule has 112 valence electrons. The summed E-state index contributed by atoms with van der Waals surface area (Å²) in [7, 11) is 0. The minimum Gasteiger partial charge on any atom is -0.480 e. The van der Waals surface area contributed by atoms with E-state index in [0.717, 1.165) is 6.42 Å². The summed E-state index contributed by atoms with van der Waals surface area (Å²) >= 11 is 3.84. The zero-order chi connectivity index (χ0) is 14.9. The summed E-state index contributed by atoms with van der Waals surface area (Å²) in [5.41, 5.74) is 0.697. The molecular formula is C15H17NO3S2. The number of benzene rings is 1. The van der Waals surface area contributed by atoms with Gasteiger partial charge in [0.1, 0.15) is 5.54 Å². The van der Waals surface area contributed by atoms with E-state index in [1.165, 1.54) is 17.1 Å². The van der Waals surface area contributed by atoms with Crippen molar-refractivity contribution in [3.63, 3.8) is 0 Å². The zero-order valence-corrected chi connectivity index (χ0v) is 13.1. The minimum atomic E-state index is -1.05. The summed E-state index contributed by atoms with van der Waals surface area (Å²) in [5.74, 6) is 1.10. The van der Waals surface area contributed by atoms with Gasteiger partial charge in [0.15, 0.2) is 0 Å². The predicted octanol–water partition coefficient (Wildman–Crippen LogP) is 2.90. The molecule has 1 aromatic rings. The second-order valence-corrected chi connectivity index (χ2v) is 8.11. The van der Waals surface area contributed by atoms with Crippen LogP contribution in [-0.2, 0) is 4.79 Å². The van der Waals surface area contributed by atoms with Crippen LogP contribution in [0.1, 0.15) is 39.8 Å². The van der Waals surface area contributed by atoms with Gasteiger partial charge >= 0.3 is 5.97 Å². The Morgan fingerprint density at radius 3 is 2.24 bits per heavy atom. The molecule has 0 spiro atoms. The molecule has 21 heavy (non-hydrogen) atoms. The van der Waals surface area contributed by atoms with Gasteiger partial charge in [-0.15, -0.1) is 23.5 Å². The molecule has 0 radical (unpaired) electrons. The Morgan fingerprint density at radius 2 is 1.76 bits per heavy atom. The fourth-order valence-electron chi connectivity index (χ4n) is 2.55. The van der Waals surface area contributed by atoms with Crippen molar-refractivity contribution in [3.05, 3.63) is 35.4 Å². The average Bonchev–Trinajstić information content (AvgIpc) is 2.96. The molecule has 2 aliphatic rings. The normalized spacial score (nSPS) is 20.8. The third kappa shape index (κ3) is 2.92. The van der Waals surface area contributed by atoms with E-state index in [1.807, 2.05) is 35.7 Å². The third-order valence-corrected chi connectivity index (χ3v) is 7.14. The van der Waals surface area contributed by atoms with Gasteiger partial charge in [-0.3, -0.25) is 4.79 Å². The summed E-state index contributed by atoms with van der Waals surface area (Å²) in [6, 6.07) is 7.52. The van der Waals surface area contributed by atoms with E-state index in [-0.39, 0.29) is 5.91 Å². The summed E-state index contributed by atoms with van der Waals surface area (Å²) in [4.78, 5) is 23.5. The summed E-state index contributed by atoms with van der Waals surface area (Å²) in [6.45, 7) is 0. The number of carbonyl (C=O) groups is 2. The summed E-state index contributed by atoms with van der Waals surface area (Å²) in [5, 5.41) is 11.9. The number of carboxylic acids is 1. The van der Waals surface area contributed by atoms with E-state index in [1.54, 1.807) is 12.1 Å². The number of hydrogen-bond acceptors (Lipinski definition) is 4. The number of carboxylic acid groups (broad SMARTS) is 1. The standard InChI is InChI=1S/C15H17NO3S2/c17-12(16-15(14(18)19)6-1-7-15)10-2-4-11(5-3-10)13-20-8-9-21-13/h2-5,13H,1,6-9H2,(H,16,17)(H,18,19). The third-order valence-electron chi connectivity index (χ3n) is 4.04. The van der Waals surface area contributed by atoms with E-state index in [0.29, 0.717) is 23.0 Å². The van der Waals surface area contributed by atoms with Gasteiger partial charge in [0.05, 0.1) is 4.58 Å². The van der Waals surface area contributed by atoms with Crippen LogP contribution in [0.5, 0.6) is 0 Å². The molecule has 2 N–H and O–H groups in total. The zero-order valence-electron chi connectivity index (χ0n) is 11.5. The fraction of sp³-hybridized carbons (Fsp3) is 0.467. The number of aliphatic carboxylic acids is 1. The monoisotopic (exact) mass is 323 g/mol. The SMILES string of the molecule is O=C(NC1(C(=O)O)CCC1)c1ccc(C2SCCS2)cc1. The fourth-order valence-corrected chi connectivity index (χ4v) is 5.41. The van der Waals surface area contributed by atoms with E-state index >= 15 is 0 Å². The average molecular weight is 323 g/mol. The van der Waals surface area contributed by atoms with E-state index in [4.69, 9.17) is 0 Å². The topological polar surface area (TPSA) is 66.4 Å². The van der Waals surface area contributed by atoms with Crippen molar-refractivity contribution in [1.29, 1.82) is 0 Å². The van der Waals surface area contributed by atoms with Gasteiger partial charge in [0.25, 0.3) is 5.91 Å². The Bertz CT molecular complexity index is 549. The Labute approximate surface area is 132 Å². The van der Waals surface area contributed by atoms with Crippen LogP contribution < -0.4 is 5.32 Å². The van der Waals surface area contributed by atoms with Crippen LogP contribution >= 0.6 is 23.5 Å². The molecule has 3 rings (SSSR count). The quantitative estimate of drug-likeness (QED) is 0.892. The van der Waals surface area contributed by atoms with E-state index in [9.17, 15) is 14.7 Å². The van der Waals surface area contributed by atoms with Gasteiger partial charge in [-0.2, -0.15) is 0 Å². The molecule has 4 nitrogen and oxygen atoms in total. The van der Waals surface area contributed by atoms with Crippen LogP contribution in [0.4, 0.5) is 0 Å². The Balaban J connectivity index is 1.68. The van der Waals surface area contributed by atoms with Gasteiger partial charge in [-0.1, -0.05) is 12.1 Å². The van der Waals surface area contributed by atoms with Crippen molar-refractivity contribution in [2.45, 2.75) is 29.4 Å². The first-order valence-electron chi connectivity index (χ1n) is 7.00. The molecule has 0 bridgehead atoms. The lowest BCUT2D eigenvalue weighted by molar-refractivity contribution is -0.148. The molecule has 2 fully saturated rings. The first-order valence-corrected chi connectivity index (χ1v) is 9.10. The van der Waals surface area contributed by atoms with Crippen molar-refractivity contribution in [3.8, 4) is 0 Å². The van der Waals surface area contributed by atoms with Gasteiger partial charge in [-0.05, 0) is 37.0 Å². The highest BCUT2D eigenvalue weighted by molar-refractivity contribution is 8.19. The maximum Gasteiger partial charge on any atom is 0.329 e. The van der Waals surface area contributed by atoms with Crippen molar-refractivity contribution in [1.82, 2.24) is 5.32 Å². The van der Waals surface area contributed by atoms with Crippen LogP contribution in [0.15, 0.2) is 24.3 Å². The molecule has 1 aliphatic carbocycles. The highest BCUT2D eigenvalue weighted by Gasteiger charge is 2.45. The second kappa shape index (κ2) is 5.93. The smallest absolute Gasteiger partial charge is 0.329 e. The van der Waals surface area contributed by atoms with Crippen LogP contribution in [0, 0.1) is 0 Å². The van der Waals surface area contributed by atoms with Crippen molar-refractivity contribution >= 4 is 35.4 Å². The van der Waals surface area contributed by atoms with Crippen molar-refractivity contribution in [2.75, 3.05) is 11.5 Å². The minimum absolute atomic E-state index is 0.296. The number of amides is 1. The highest BCUT2D eigenvalue weighted by Crippen LogP contribution is 2.45. The van der Waals surface area contributed by atoms with Crippen molar-refractivity contribution < 1.29 is 14.7 Å². The number of hydrogen-bond donors (Lipinski definition) is 2. The van der Waals surface area contributed by atoms with Crippen LogP contribution in [0.25, 0.3) is 0 Å². The van der Waals surface area contributed by atoms with E-state index in [2.05, 4.69) is 5.32 Å². The van der Waals surface area contributed by atoms with Crippen LogP contribution in [-0.4, -0.2) is 34.0 Å². The highest BCUT2D eigenvalue weighted by atomic mass is 32.2. The number of thioether (sulfide) groups is 2. The molecule has 0 unspecified atom stereocenters. The lowest BCUT2D eigenvalue weighted by atomic mass is 9.76. The molecule has 1 aromatic carbocycles. The molecule has 6 heteroatoms. The largest absolute Gasteiger partial charge is 0.480 e. The first-order chi connectivity index (χ1) is 10.1. The van der Waals surface area contributed by atoms with Crippen LogP contribution in [0.3, 0.4) is 0 Å². The number of nitrogens with one attached hydrogen (secondary N) is 1. The lowest BCUT2D eigenvalue weighted by Crippen LogP contribution is -2.59. The predicted molar refractivity (Wildman–Crippen MR) is 85.8 cm³/mol. The summed E-state index contributed by atoms with van der Waals surface area (Å²) in [6.07, 6.45) is 1.88.